The summed E-state index contributed by atoms with van der Waals surface area (Å²) in [5.41, 5.74) is 0. The molecule has 0 bridgehead atoms. The molecule has 0 fully saturated rings. The quantitative estimate of drug-likeness (QED) is 0.472. The molecule has 0 aromatic rings. The maximum absolute atomic E-state index is 5.75. The molecule has 1 aliphatic rings. The average molecular weight is 144 g/mol. The van der Waals surface area contributed by atoms with Gasteiger partial charge in [0.05, 0.1) is 0 Å². The monoisotopic (exact) mass is 144 g/mol. The second kappa shape index (κ2) is 8.70. The van der Waals surface area contributed by atoms with Gasteiger partial charge in [0.25, 0.3) is 0 Å². The van der Waals surface area contributed by atoms with Gasteiger partial charge in [-0.15, -0.1) is 0 Å². The van der Waals surface area contributed by atoms with E-state index >= 15 is 0 Å². The number of hydrogen-bond donors (Lipinski definition) is 0. The molecule has 1 heterocycles. The van der Waals surface area contributed by atoms with Crippen molar-refractivity contribution in [1.29, 1.82) is 0 Å². The van der Waals surface area contributed by atoms with E-state index in [4.69, 9.17) is 1.37 Å². The lowest BCUT2D eigenvalue weighted by Gasteiger charge is -2.15. The summed E-state index contributed by atoms with van der Waals surface area (Å²) in [5.74, 6) is 0. The van der Waals surface area contributed by atoms with Crippen LogP contribution in [0.15, 0.2) is 12.2 Å². The summed E-state index contributed by atoms with van der Waals surface area (Å²) in [7, 11) is 3.39. The Bertz CT molecular complexity index is 81.6. The molecule has 0 spiro atoms. The van der Waals surface area contributed by atoms with Crippen LogP contribution in [0.5, 0.6) is 0 Å². The third kappa shape index (κ3) is 5.83. The van der Waals surface area contributed by atoms with E-state index in [9.17, 15) is 0 Å². The van der Waals surface area contributed by atoms with E-state index in [2.05, 4.69) is 24.1 Å². The first-order valence-corrected chi connectivity index (χ1v) is 3.73. The van der Waals surface area contributed by atoms with E-state index in [1.807, 2.05) is 13.8 Å². The van der Waals surface area contributed by atoms with Gasteiger partial charge >= 0.3 is 0 Å². The smallest absolute Gasteiger partial charge is 0.0194 e. The van der Waals surface area contributed by atoms with Gasteiger partial charge in [0.1, 0.15) is 0 Å². The first kappa shape index (κ1) is 9.70. The van der Waals surface area contributed by atoms with Crippen molar-refractivity contribution in [3.63, 3.8) is 0 Å². The molecule has 0 amide bonds. The van der Waals surface area contributed by atoms with E-state index in [0.717, 1.165) is 6.54 Å². The summed E-state index contributed by atoms with van der Waals surface area (Å²) in [6.45, 7) is 6.37. The fourth-order valence-corrected chi connectivity index (χ4v) is 0.759. The van der Waals surface area contributed by atoms with Crippen molar-refractivity contribution in [3.8, 4) is 0 Å². The molecule has 1 heteroatoms. The van der Waals surface area contributed by atoms with Gasteiger partial charge < -0.3 is 4.90 Å². The first-order valence-electron chi connectivity index (χ1n) is 4.73. The summed E-state index contributed by atoms with van der Waals surface area (Å²) in [5, 5.41) is 0. The Kier molecular flexibility index (Phi) is 8.44. The first-order chi connectivity index (χ1) is 5.39. The predicted octanol–water partition coefficient (Wildman–Crippen LogP) is 2.54. The minimum absolute atomic E-state index is 1.14. The van der Waals surface area contributed by atoms with Gasteiger partial charge in [0.2, 0.25) is 0 Å². The topological polar surface area (TPSA) is 3.24 Å². The molecule has 1 rings (SSSR count). The molecule has 0 aromatic heterocycles. The lowest BCUT2D eigenvalue weighted by molar-refractivity contribution is 0.366. The van der Waals surface area contributed by atoms with E-state index in [1.54, 1.807) is 0 Å². The third-order valence-electron chi connectivity index (χ3n) is 1.26. The minimum atomic E-state index is 1.14. The Hall–Kier alpha value is -0.300. The number of rotatable bonds is 0. The van der Waals surface area contributed by atoms with Gasteiger partial charge in [0, 0.05) is 14.5 Å². The predicted molar refractivity (Wildman–Crippen MR) is 49.3 cm³/mol. The second-order valence-electron chi connectivity index (χ2n) is 2.02. The standard InChI is InChI=1S/C6H11N.C2H6.CH4/c1-7-5-3-2-4-6-7;1-2;/h2-3H,4-6H2,1H3;1-2H3;1H4/i;;1D. The van der Waals surface area contributed by atoms with Gasteiger partial charge in [-0.25, -0.2) is 0 Å². The molecule has 0 saturated carbocycles. The molecule has 0 saturated heterocycles. The molecule has 0 aliphatic carbocycles. The molecule has 1 nitrogen and oxygen atoms in total. The van der Waals surface area contributed by atoms with Crippen LogP contribution in [0.2, 0.25) is 0 Å². The van der Waals surface area contributed by atoms with Crippen molar-refractivity contribution in [1.82, 2.24) is 4.90 Å². The molecular formula is C9H21N. The molecule has 0 unspecified atom stereocenters. The molecule has 10 heavy (non-hydrogen) atoms. The second-order valence-corrected chi connectivity index (χ2v) is 2.02. The Morgan fingerprint density at radius 3 is 2.20 bits per heavy atom. The van der Waals surface area contributed by atoms with Crippen molar-refractivity contribution in [2.24, 2.45) is 0 Å². The van der Waals surface area contributed by atoms with Crippen molar-refractivity contribution in [2.45, 2.75) is 27.7 Å². The Labute approximate surface area is 67.1 Å². The van der Waals surface area contributed by atoms with Crippen LogP contribution in [0.4, 0.5) is 0 Å². The lowest BCUT2D eigenvalue weighted by Crippen LogP contribution is -2.21. The zero-order valence-electron chi connectivity index (χ0n) is 8.72. The van der Waals surface area contributed by atoms with Crippen LogP contribution in [0.1, 0.15) is 29.0 Å². The normalized spacial score (nSPS) is 17.4. The highest BCUT2D eigenvalue weighted by Crippen LogP contribution is 1.95. The summed E-state index contributed by atoms with van der Waals surface area (Å²) in [6, 6.07) is 0. The highest BCUT2D eigenvalue weighted by molar-refractivity contribution is 4.89. The summed E-state index contributed by atoms with van der Waals surface area (Å²) in [6.07, 6.45) is 5.68. The van der Waals surface area contributed by atoms with Crippen molar-refractivity contribution in [2.75, 3.05) is 20.1 Å². The Morgan fingerprint density at radius 2 is 2.00 bits per heavy atom. The van der Waals surface area contributed by atoms with E-state index in [-0.39, 0.29) is 0 Å². The maximum atomic E-state index is 5.75. The van der Waals surface area contributed by atoms with Crippen LogP contribution in [0, 0.1) is 0 Å². The maximum Gasteiger partial charge on any atom is 0.0194 e. The van der Waals surface area contributed by atoms with Gasteiger partial charge in [-0.2, -0.15) is 0 Å². The van der Waals surface area contributed by atoms with Crippen LogP contribution in [-0.4, -0.2) is 25.0 Å². The van der Waals surface area contributed by atoms with Gasteiger partial charge in [-0.1, -0.05) is 33.4 Å². The fourth-order valence-electron chi connectivity index (χ4n) is 0.759. The zero-order chi connectivity index (χ0) is 9.11. The largest absolute Gasteiger partial charge is 0.302 e. The summed E-state index contributed by atoms with van der Waals surface area (Å²) >= 11 is 0. The molecule has 1 aliphatic heterocycles. The average Bonchev–Trinajstić information content (AvgIpc) is 2.13. The third-order valence-corrected chi connectivity index (χ3v) is 1.26. The molecular weight excluding hydrogens is 122 g/mol. The number of nitrogens with zero attached hydrogens (tertiary/aromatic N) is 1. The summed E-state index contributed by atoms with van der Waals surface area (Å²) in [4.78, 5) is 2.31. The lowest BCUT2D eigenvalue weighted by atomic mass is 10.3. The molecule has 0 atom stereocenters. The van der Waals surface area contributed by atoms with E-state index in [1.165, 1.54) is 20.4 Å². The van der Waals surface area contributed by atoms with Gasteiger partial charge in [-0.3, -0.25) is 0 Å². The van der Waals surface area contributed by atoms with Crippen LogP contribution < -0.4 is 0 Å². The highest BCUT2D eigenvalue weighted by atomic mass is 15.1. The molecule has 0 N–H and O–H groups in total. The molecule has 0 radical (unpaired) electrons. The van der Waals surface area contributed by atoms with Crippen LogP contribution in [0.25, 0.3) is 0 Å². The van der Waals surface area contributed by atoms with Crippen LogP contribution in [-0.2, 0) is 0 Å². The van der Waals surface area contributed by atoms with Crippen molar-refractivity contribution >= 4 is 0 Å². The SMILES string of the molecule is CC.CN1CC=CCC1.[2H]C. The Balaban J connectivity index is 0. The fraction of sp³-hybridized carbons (Fsp3) is 0.778. The number of hydrogen-bond acceptors (Lipinski definition) is 1. The van der Waals surface area contributed by atoms with Crippen molar-refractivity contribution < 1.29 is 1.37 Å². The van der Waals surface area contributed by atoms with Crippen LogP contribution in [0.3, 0.4) is 0 Å². The number of likely N-dealkylation sites (N-methyl/N-ethyl adjacent to an activating group) is 1. The molecule has 62 valence electrons. The Morgan fingerprint density at radius 1 is 1.40 bits per heavy atom. The highest BCUT2D eigenvalue weighted by Gasteiger charge is 1.95. The molecule has 0 aromatic carbocycles. The van der Waals surface area contributed by atoms with Crippen LogP contribution >= 0.6 is 0 Å². The zero-order valence-corrected chi connectivity index (χ0v) is 7.72. The summed E-state index contributed by atoms with van der Waals surface area (Å²) < 4.78 is 5.75. The minimum Gasteiger partial charge on any atom is -0.302 e. The van der Waals surface area contributed by atoms with Crippen molar-refractivity contribution in [3.05, 3.63) is 12.2 Å². The van der Waals surface area contributed by atoms with E-state index < -0.39 is 0 Å². The van der Waals surface area contributed by atoms with E-state index in [0.29, 0.717) is 0 Å². The van der Waals surface area contributed by atoms with Gasteiger partial charge in [0.15, 0.2) is 0 Å². The van der Waals surface area contributed by atoms with Gasteiger partial charge in [-0.05, 0) is 13.5 Å².